The molecule has 1 aliphatic heterocycles. The second kappa shape index (κ2) is 7.56. The van der Waals surface area contributed by atoms with Gasteiger partial charge >= 0.3 is 5.97 Å². The molecule has 2 atom stereocenters. The summed E-state index contributed by atoms with van der Waals surface area (Å²) in [6.45, 7) is 0.363. The van der Waals surface area contributed by atoms with Gasteiger partial charge in [0.15, 0.2) is 23.0 Å². The summed E-state index contributed by atoms with van der Waals surface area (Å²) in [4.78, 5) is 12.2. The van der Waals surface area contributed by atoms with Crippen molar-refractivity contribution in [2.45, 2.75) is 12.8 Å². The zero-order valence-corrected chi connectivity index (χ0v) is 14.8. The van der Waals surface area contributed by atoms with Crippen molar-refractivity contribution in [3.05, 3.63) is 47.5 Å². The van der Waals surface area contributed by atoms with E-state index in [0.717, 1.165) is 11.1 Å². The van der Waals surface area contributed by atoms with Gasteiger partial charge in [-0.2, -0.15) is 0 Å². The minimum absolute atomic E-state index is 0.0246. The Kier molecular flexibility index (Phi) is 5.21. The summed E-state index contributed by atoms with van der Waals surface area (Å²) in [6.07, 6.45) is 1.15. The average Bonchev–Trinajstić information content (AvgIpc) is 2.98. The van der Waals surface area contributed by atoms with E-state index in [1.807, 2.05) is 6.07 Å². The molecule has 0 unspecified atom stereocenters. The predicted molar refractivity (Wildman–Crippen MR) is 94.7 cm³/mol. The third-order valence-corrected chi connectivity index (χ3v) is 4.75. The van der Waals surface area contributed by atoms with E-state index in [4.69, 9.17) is 14.2 Å². The number of benzene rings is 2. The van der Waals surface area contributed by atoms with E-state index < -0.39 is 0 Å². The van der Waals surface area contributed by atoms with Crippen LogP contribution in [0.4, 0.5) is 0 Å². The molecule has 0 aromatic heterocycles. The van der Waals surface area contributed by atoms with Gasteiger partial charge in [0, 0.05) is 5.92 Å². The molecule has 1 heterocycles. The van der Waals surface area contributed by atoms with Crippen LogP contribution in [0.1, 0.15) is 11.1 Å². The normalized spacial score (nSPS) is 19.2. The monoisotopic (exact) mass is 358 g/mol. The van der Waals surface area contributed by atoms with Crippen molar-refractivity contribution >= 4 is 5.97 Å². The Morgan fingerprint density at radius 2 is 1.50 bits per heavy atom. The maximum Gasteiger partial charge on any atom is 0.309 e. The van der Waals surface area contributed by atoms with Crippen molar-refractivity contribution in [1.82, 2.24) is 0 Å². The van der Waals surface area contributed by atoms with Crippen molar-refractivity contribution < 1.29 is 29.2 Å². The fourth-order valence-electron chi connectivity index (χ4n) is 3.31. The van der Waals surface area contributed by atoms with E-state index in [1.165, 1.54) is 14.2 Å². The molecule has 2 N–H and O–H groups in total. The van der Waals surface area contributed by atoms with E-state index in [9.17, 15) is 15.0 Å². The molecule has 0 bridgehead atoms. The number of cyclic esters (lactones) is 1. The van der Waals surface area contributed by atoms with Gasteiger partial charge in [-0.15, -0.1) is 0 Å². The van der Waals surface area contributed by atoms with Crippen LogP contribution >= 0.6 is 0 Å². The molecular weight excluding hydrogens is 336 g/mol. The van der Waals surface area contributed by atoms with Gasteiger partial charge in [-0.3, -0.25) is 4.79 Å². The van der Waals surface area contributed by atoms with Crippen LogP contribution in [0.2, 0.25) is 0 Å². The van der Waals surface area contributed by atoms with Crippen molar-refractivity contribution in [1.29, 1.82) is 0 Å². The lowest BCUT2D eigenvalue weighted by Crippen LogP contribution is -2.20. The molecule has 1 saturated heterocycles. The largest absolute Gasteiger partial charge is 0.504 e. The number of phenolic OH excluding ortho intramolecular Hbond substituents is 2. The van der Waals surface area contributed by atoms with E-state index in [-0.39, 0.29) is 29.3 Å². The Morgan fingerprint density at radius 1 is 0.962 bits per heavy atom. The van der Waals surface area contributed by atoms with Crippen LogP contribution in [0.3, 0.4) is 0 Å². The SMILES string of the molecule is COc1cc(C[C@H]2COC(=O)[C@@H]2Cc2ccc(O)c(OC)c2)ccc1O. The number of hydrogen-bond acceptors (Lipinski definition) is 6. The molecule has 1 fully saturated rings. The first-order valence-corrected chi connectivity index (χ1v) is 8.40. The fourth-order valence-corrected chi connectivity index (χ4v) is 3.31. The Hall–Kier alpha value is -2.89. The summed E-state index contributed by atoms with van der Waals surface area (Å²) < 4.78 is 15.6. The lowest BCUT2D eigenvalue weighted by Gasteiger charge is -2.16. The van der Waals surface area contributed by atoms with Crippen molar-refractivity contribution in [3.8, 4) is 23.0 Å². The smallest absolute Gasteiger partial charge is 0.309 e. The molecule has 0 aliphatic carbocycles. The van der Waals surface area contributed by atoms with E-state index >= 15 is 0 Å². The number of carbonyl (C=O) groups is 1. The van der Waals surface area contributed by atoms with Gasteiger partial charge in [0.2, 0.25) is 0 Å². The topological polar surface area (TPSA) is 85.2 Å². The first kappa shape index (κ1) is 17.9. The summed E-state index contributed by atoms with van der Waals surface area (Å²) in [5.74, 6) is 0.482. The molecule has 138 valence electrons. The number of hydrogen-bond donors (Lipinski definition) is 2. The number of methoxy groups -OCH3 is 2. The first-order valence-electron chi connectivity index (χ1n) is 8.40. The fraction of sp³-hybridized carbons (Fsp3) is 0.350. The lowest BCUT2D eigenvalue weighted by atomic mass is 9.85. The molecule has 26 heavy (non-hydrogen) atoms. The van der Waals surface area contributed by atoms with Gasteiger partial charge in [-0.1, -0.05) is 12.1 Å². The number of rotatable bonds is 6. The molecule has 0 saturated carbocycles. The summed E-state index contributed by atoms with van der Waals surface area (Å²) in [5, 5.41) is 19.4. The lowest BCUT2D eigenvalue weighted by molar-refractivity contribution is -0.141. The van der Waals surface area contributed by atoms with Crippen LogP contribution in [-0.2, 0) is 22.4 Å². The third kappa shape index (κ3) is 3.69. The van der Waals surface area contributed by atoms with Crippen LogP contribution in [0.25, 0.3) is 0 Å². The minimum atomic E-state index is -0.274. The van der Waals surface area contributed by atoms with Crippen LogP contribution in [-0.4, -0.2) is 37.0 Å². The molecule has 6 nitrogen and oxygen atoms in total. The first-order chi connectivity index (χ1) is 12.5. The van der Waals surface area contributed by atoms with Gasteiger partial charge < -0.3 is 24.4 Å². The summed E-state index contributed by atoms with van der Waals surface area (Å²) in [6, 6.07) is 10.3. The Morgan fingerprint density at radius 3 is 2.04 bits per heavy atom. The molecule has 3 rings (SSSR count). The highest BCUT2D eigenvalue weighted by atomic mass is 16.5. The molecule has 0 amide bonds. The van der Waals surface area contributed by atoms with Crippen LogP contribution in [0.15, 0.2) is 36.4 Å². The summed E-state index contributed by atoms with van der Waals surface area (Å²) in [5.41, 5.74) is 1.87. The van der Waals surface area contributed by atoms with E-state index in [1.54, 1.807) is 30.3 Å². The highest BCUT2D eigenvalue weighted by Gasteiger charge is 2.37. The van der Waals surface area contributed by atoms with E-state index in [2.05, 4.69) is 0 Å². The van der Waals surface area contributed by atoms with Crippen molar-refractivity contribution in [3.63, 3.8) is 0 Å². The molecular formula is C20H22O6. The quantitative estimate of drug-likeness (QED) is 0.773. The second-order valence-corrected chi connectivity index (χ2v) is 6.42. The standard InChI is InChI=1S/C20H22O6/c1-24-18-9-12(3-5-16(18)21)7-14-11-26-20(23)15(14)8-13-4-6-17(22)19(10-13)25-2/h3-6,9-10,14-15,21-22H,7-8,11H2,1-2H3/t14-,15+/m0/s1. The maximum absolute atomic E-state index is 12.2. The summed E-state index contributed by atoms with van der Waals surface area (Å²) >= 11 is 0. The molecule has 6 heteroatoms. The Labute approximate surface area is 151 Å². The number of carbonyl (C=O) groups excluding carboxylic acids is 1. The van der Waals surface area contributed by atoms with Gasteiger partial charge in [-0.25, -0.2) is 0 Å². The van der Waals surface area contributed by atoms with Gasteiger partial charge in [-0.05, 0) is 48.2 Å². The minimum Gasteiger partial charge on any atom is -0.504 e. The molecule has 2 aromatic rings. The average molecular weight is 358 g/mol. The zero-order chi connectivity index (χ0) is 18.7. The highest BCUT2D eigenvalue weighted by molar-refractivity contribution is 5.75. The van der Waals surface area contributed by atoms with Gasteiger partial charge in [0.1, 0.15) is 0 Å². The molecule has 0 spiro atoms. The molecule has 2 aromatic carbocycles. The summed E-state index contributed by atoms with van der Waals surface area (Å²) in [7, 11) is 2.99. The molecule has 1 aliphatic rings. The Bertz CT molecular complexity index is 801. The van der Waals surface area contributed by atoms with Crippen LogP contribution in [0.5, 0.6) is 23.0 Å². The number of phenols is 2. The van der Waals surface area contributed by atoms with Crippen LogP contribution < -0.4 is 9.47 Å². The van der Waals surface area contributed by atoms with Crippen molar-refractivity contribution in [2.24, 2.45) is 11.8 Å². The zero-order valence-electron chi connectivity index (χ0n) is 14.8. The predicted octanol–water partition coefficient (Wildman–Crippen LogP) is 2.69. The van der Waals surface area contributed by atoms with Gasteiger partial charge in [0.25, 0.3) is 0 Å². The van der Waals surface area contributed by atoms with Crippen molar-refractivity contribution in [2.75, 3.05) is 20.8 Å². The highest BCUT2D eigenvalue weighted by Crippen LogP contribution is 2.34. The number of ether oxygens (including phenoxy) is 3. The maximum atomic E-state index is 12.2. The van der Waals surface area contributed by atoms with E-state index in [0.29, 0.717) is 30.9 Å². The third-order valence-electron chi connectivity index (χ3n) is 4.75. The second-order valence-electron chi connectivity index (χ2n) is 6.42. The number of esters is 1. The number of aromatic hydroxyl groups is 2. The Balaban J connectivity index is 1.76. The van der Waals surface area contributed by atoms with Gasteiger partial charge in [0.05, 0.1) is 26.7 Å². The molecule has 0 radical (unpaired) electrons. The van der Waals surface area contributed by atoms with Crippen LogP contribution in [0, 0.1) is 11.8 Å².